The number of hydrazone groups is 1. The van der Waals surface area contributed by atoms with Gasteiger partial charge in [0.1, 0.15) is 0 Å². The predicted molar refractivity (Wildman–Crippen MR) is 115 cm³/mol. The molecule has 1 N–H and O–H groups in total. The maximum absolute atomic E-state index is 12.5. The van der Waals surface area contributed by atoms with Crippen molar-refractivity contribution < 1.29 is 27.4 Å². The molecular formula is C21H28N2O6S. The van der Waals surface area contributed by atoms with Crippen LogP contribution < -0.4 is 23.8 Å². The molecule has 2 rings (SSSR count). The monoisotopic (exact) mass is 436 g/mol. The molecule has 0 aliphatic carbocycles. The summed E-state index contributed by atoms with van der Waals surface area (Å²) in [5, 5.41) is 3.85. The maximum Gasteiger partial charge on any atom is 0.276 e. The minimum Gasteiger partial charge on any atom is -0.493 e. The lowest BCUT2D eigenvalue weighted by molar-refractivity contribution is 0.286. The number of rotatable bonds is 12. The second kappa shape index (κ2) is 11.3. The van der Waals surface area contributed by atoms with Crippen molar-refractivity contribution in [2.45, 2.75) is 31.1 Å². The summed E-state index contributed by atoms with van der Waals surface area (Å²) in [4.78, 5) is 2.19. The van der Waals surface area contributed by atoms with E-state index in [0.717, 1.165) is 19.3 Å². The van der Waals surface area contributed by atoms with Gasteiger partial charge in [-0.2, -0.15) is 13.5 Å². The third-order valence-corrected chi connectivity index (χ3v) is 5.47. The van der Waals surface area contributed by atoms with Crippen molar-refractivity contribution in [3.8, 4) is 23.0 Å². The number of sulfonamides is 1. The Morgan fingerprint density at radius 1 is 0.900 bits per heavy atom. The zero-order chi connectivity index (χ0) is 22.0. The first-order valence-electron chi connectivity index (χ1n) is 9.53. The first-order valence-corrected chi connectivity index (χ1v) is 11.0. The minimum absolute atomic E-state index is 0.00528. The van der Waals surface area contributed by atoms with E-state index in [-0.39, 0.29) is 4.90 Å². The molecule has 0 saturated carbocycles. The summed E-state index contributed by atoms with van der Waals surface area (Å²) in [5.74, 6) is 1.93. The van der Waals surface area contributed by atoms with Crippen LogP contribution in [0, 0.1) is 0 Å². The fraction of sp³-hybridized carbons (Fsp3) is 0.381. The lowest BCUT2D eigenvalue weighted by Crippen LogP contribution is -2.18. The van der Waals surface area contributed by atoms with Crippen LogP contribution in [0.4, 0.5) is 0 Å². The highest BCUT2D eigenvalue weighted by atomic mass is 32.2. The Labute approximate surface area is 177 Å². The Hall–Kier alpha value is -2.94. The Morgan fingerprint density at radius 2 is 1.57 bits per heavy atom. The van der Waals surface area contributed by atoms with Gasteiger partial charge in [-0.15, -0.1) is 0 Å². The van der Waals surface area contributed by atoms with Gasteiger partial charge in [0.25, 0.3) is 10.0 Å². The molecule has 2 aromatic rings. The van der Waals surface area contributed by atoms with Gasteiger partial charge in [-0.25, -0.2) is 4.83 Å². The average molecular weight is 437 g/mol. The smallest absolute Gasteiger partial charge is 0.276 e. The molecule has 0 bridgehead atoms. The molecule has 0 radical (unpaired) electrons. The summed E-state index contributed by atoms with van der Waals surface area (Å²) in [5.41, 5.74) is 0.655. The molecule has 9 heteroatoms. The Kier molecular flexibility index (Phi) is 8.79. The van der Waals surface area contributed by atoms with Gasteiger partial charge >= 0.3 is 0 Å². The van der Waals surface area contributed by atoms with Crippen molar-refractivity contribution in [2.75, 3.05) is 27.9 Å². The van der Waals surface area contributed by atoms with Crippen molar-refractivity contribution in [3.63, 3.8) is 0 Å². The standard InChI is InChI=1S/C21H28N2O6S/c1-5-6-7-12-29-19-10-8-16(13-20(19)27-3)15-22-23-30(24,25)17-9-11-18(26-2)21(14-17)28-4/h8-11,13-15,23H,5-7,12H2,1-4H3/b22-15+. The van der Waals surface area contributed by atoms with Gasteiger partial charge in [0.05, 0.1) is 39.0 Å². The van der Waals surface area contributed by atoms with E-state index in [2.05, 4.69) is 16.9 Å². The molecule has 0 heterocycles. The number of hydrogen-bond acceptors (Lipinski definition) is 7. The molecule has 164 valence electrons. The molecule has 0 saturated heterocycles. The summed E-state index contributed by atoms with van der Waals surface area (Å²) >= 11 is 0. The van der Waals surface area contributed by atoms with Gasteiger partial charge < -0.3 is 18.9 Å². The molecule has 0 amide bonds. The summed E-state index contributed by atoms with van der Waals surface area (Å²) < 4.78 is 46.3. The largest absolute Gasteiger partial charge is 0.493 e. The normalized spacial score (nSPS) is 11.3. The zero-order valence-corrected chi connectivity index (χ0v) is 18.5. The number of ether oxygens (including phenoxy) is 4. The lowest BCUT2D eigenvalue weighted by Gasteiger charge is -2.11. The maximum atomic E-state index is 12.5. The van der Waals surface area contributed by atoms with Gasteiger partial charge in [0, 0.05) is 6.07 Å². The second-order valence-electron chi connectivity index (χ2n) is 6.34. The van der Waals surface area contributed by atoms with Crippen LogP contribution in [0.5, 0.6) is 23.0 Å². The molecule has 0 atom stereocenters. The van der Waals surface area contributed by atoms with Crippen molar-refractivity contribution in [1.82, 2.24) is 4.83 Å². The SMILES string of the molecule is CCCCCOc1ccc(/C=N/NS(=O)(=O)c2ccc(OC)c(OC)c2)cc1OC. The van der Waals surface area contributed by atoms with Crippen LogP contribution in [-0.2, 0) is 10.0 Å². The highest BCUT2D eigenvalue weighted by Gasteiger charge is 2.16. The van der Waals surface area contributed by atoms with E-state index in [1.807, 2.05) is 0 Å². The third kappa shape index (κ3) is 6.28. The highest BCUT2D eigenvalue weighted by Crippen LogP contribution is 2.29. The van der Waals surface area contributed by atoms with E-state index in [1.165, 1.54) is 38.6 Å². The van der Waals surface area contributed by atoms with E-state index in [4.69, 9.17) is 18.9 Å². The van der Waals surface area contributed by atoms with Crippen LogP contribution in [-0.4, -0.2) is 42.6 Å². The molecule has 0 aliphatic rings. The van der Waals surface area contributed by atoms with Crippen molar-refractivity contribution in [2.24, 2.45) is 5.10 Å². The number of benzene rings is 2. The Bertz CT molecular complexity index is 960. The second-order valence-corrected chi connectivity index (χ2v) is 8.00. The Morgan fingerprint density at radius 3 is 2.23 bits per heavy atom. The molecular weight excluding hydrogens is 408 g/mol. The first-order chi connectivity index (χ1) is 14.4. The third-order valence-electron chi connectivity index (χ3n) is 4.24. The first kappa shape index (κ1) is 23.3. The van der Waals surface area contributed by atoms with Crippen LogP contribution in [0.2, 0.25) is 0 Å². The van der Waals surface area contributed by atoms with E-state index >= 15 is 0 Å². The summed E-state index contributed by atoms with van der Waals surface area (Å²) in [7, 11) is 0.593. The van der Waals surface area contributed by atoms with Crippen LogP contribution in [0.25, 0.3) is 0 Å². The fourth-order valence-electron chi connectivity index (χ4n) is 2.62. The lowest BCUT2D eigenvalue weighted by atomic mass is 10.2. The number of hydrogen-bond donors (Lipinski definition) is 1. The quantitative estimate of drug-likeness (QED) is 0.310. The van der Waals surface area contributed by atoms with Crippen LogP contribution >= 0.6 is 0 Å². The van der Waals surface area contributed by atoms with Gasteiger partial charge in [-0.3, -0.25) is 0 Å². The fourth-order valence-corrected chi connectivity index (χ4v) is 3.43. The molecule has 0 unspecified atom stereocenters. The molecule has 0 aromatic heterocycles. The number of nitrogens with one attached hydrogen (secondary N) is 1. The van der Waals surface area contributed by atoms with Gasteiger partial charge in [-0.05, 0) is 42.3 Å². The van der Waals surface area contributed by atoms with Crippen LogP contribution in [0.15, 0.2) is 46.4 Å². The highest BCUT2D eigenvalue weighted by molar-refractivity contribution is 7.89. The summed E-state index contributed by atoms with van der Waals surface area (Å²) in [6.45, 7) is 2.75. The molecule has 0 fully saturated rings. The molecule has 0 spiro atoms. The van der Waals surface area contributed by atoms with Gasteiger partial charge in [0.15, 0.2) is 23.0 Å². The van der Waals surface area contributed by atoms with E-state index in [1.54, 1.807) is 25.3 Å². The number of nitrogens with zero attached hydrogens (tertiary/aromatic N) is 1. The number of methoxy groups -OCH3 is 3. The molecule has 0 aliphatic heterocycles. The number of unbranched alkanes of at least 4 members (excludes halogenated alkanes) is 2. The predicted octanol–water partition coefficient (Wildman–Crippen LogP) is 3.59. The summed E-state index contributed by atoms with van der Waals surface area (Å²) in [6, 6.07) is 9.56. The van der Waals surface area contributed by atoms with Crippen molar-refractivity contribution in [3.05, 3.63) is 42.0 Å². The molecule has 2 aromatic carbocycles. The van der Waals surface area contributed by atoms with E-state index in [0.29, 0.717) is 35.2 Å². The molecule has 8 nitrogen and oxygen atoms in total. The zero-order valence-electron chi connectivity index (χ0n) is 17.7. The van der Waals surface area contributed by atoms with Crippen molar-refractivity contribution in [1.29, 1.82) is 0 Å². The summed E-state index contributed by atoms with van der Waals surface area (Å²) in [6.07, 6.45) is 4.59. The van der Waals surface area contributed by atoms with Gasteiger partial charge in [0.2, 0.25) is 0 Å². The molecule has 30 heavy (non-hydrogen) atoms. The van der Waals surface area contributed by atoms with E-state index < -0.39 is 10.0 Å². The van der Waals surface area contributed by atoms with Gasteiger partial charge in [-0.1, -0.05) is 19.8 Å². The van der Waals surface area contributed by atoms with E-state index in [9.17, 15) is 8.42 Å². The topological polar surface area (TPSA) is 95.5 Å². The van der Waals surface area contributed by atoms with Crippen molar-refractivity contribution >= 4 is 16.2 Å². The average Bonchev–Trinajstić information content (AvgIpc) is 2.76. The van der Waals surface area contributed by atoms with Crippen LogP contribution in [0.1, 0.15) is 31.7 Å². The minimum atomic E-state index is -3.87. The Balaban J connectivity index is 2.08. The van der Waals surface area contributed by atoms with Crippen LogP contribution in [0.3, 0.4) is 0 Å².